The zero-order chi connectivity index (χ0) is 18.6. The van der Waals surface area contributed by atoms with Gasteiger partial charge in [0.25, 0.3) is 0 Å². The maximum absolute atomic E-state index is 13.0. The maximum atomic E-state index is 13.0. The maximum Gasteiger partial charge on any atom is 0.227 e. The van der Waals surface area contributed by atoms with Crippen LogP contribution in [0, 0.1) is 10.8 Å². The number of aliphatic hydroxyl groups is 1. The molecule has 0 saturated heterocycles. The van der Waals surface area contributed by atoms with E-state index in [-0.39, 0.29) is 24.5 Å². The number of carbonyl (C=O) groups excluding carboxylic acids is 1. The van der Waals surface area contributed by atoms with E-state index in [2.05, 4.69) is 39.9 Å². The molecule has 1 rings (SSSR count). The SMILES string of the molecule is CC(C)(C)C(C)(C(=O)NCCO)C(C)(C)SC(=S)c1ccccc1. The summed E-state index contributed by atoms with van der Waals surface area (Å²) in [5.74, 6) is -0.0580. The molecule has 0 aliphatic rings. The number of carbonyl (C=O) groups is 1. The molecular weight excluding hydrogens is 338 g/mol. The molecule has 0 aromatic heterocycles. The number of thioether (sulfide) groups is 1. The highest BCUT2D eigenvalue weighted by Gasteiger charge is 2.55. The van der Waals surface area contributed by atoms with Crippen LogP contribution < -0.4 is 5.32 Å². The van der Waals surface area contributed by atoms with Gasteiger partial charge in [-0.3, -0.25) is 4.79 Å². The molecule has 0 aliphatic heterocycles. The first-order valence-corrected chi connectivity index (χ1v) is 9.37. The first kappa shape index (κ1) is 21.1. The normalized spacial score (nSPS) is 14.8. The first-order valence-electron chi connectivity index (χ1n) is 8.15. The van der Waals surface area contributed by atoms with Crippen LogP contribution in [0.5, 0.6) is 0 Å². The van der Waals surface area contributed by atoms with Crippen molar-refractivity contribution in [2.75, 3.05) is 13.2 Å². The molecule has 24 heavy (non-hydrogen) atoms. The molecule has 1 amide bonds. The van der Waals surface area contributed by atoms with E-state index in [0.29, 0.717) is 0 Å². The second-order valence-electron chi connectivity index (χ2n) is 7.62. The van der Waals surface area contributed by atoms with Crippen molar-refractivity contribution in [3.63, 3.8) is 0 Å². The van der Waals surface area contributed by atoms with Crippen molar-refractivity contribution in [1.82, 2.24) is 5.32 Å². The second-order valence-corrected chi connectivity index (χ2v) is 9.92. The summed E-state index contributed by atoms with van der Waals surface area (Å²) < 4.78 is 0.351. The van der Waals surface area contributed by atoms with Gasteiger partial charge >= 0.3 is 0 Å². The van der Waals surface area contributed by atoms with Gasteiger partial charge < -0.3 is 10.4 Å². The number of benzene rings is 1. The molecule has 2 N–H and O–H groups in total. The number of amides is 1. The molecule has 0 heterocycles. The van der Waals surface area contributed by atoms with Crippen LogP contribution in [0.4, 0.5) is 0 Å². The van der Waals surface area contributed by atoms with E-state index in [1.165, 1.54) is 0 Å². The molecule has 1 atom stereocenters. The van der Waals surface area contributed by atoms with Gasteiger partial charge in [-0.1, -0.05) is 63.3 Å². The predicted molar refractivity (Wildman–Crippen MR) is 107 cm³/mol. The lowest BCUT2D eigenvalue weighted by molar-refractivity contribution is -0.138. The lowest BCUT2D eigenvalue weighted by Crippen LogP contribution is -2.58. The van der Waals surface area contributed by atoms with Crippen molar-refractivity contribution in [3.05, 3.63) is 35.9 Å². The third-order valence-electron chi connectivity index (χ3n) is 4.91. The lowest BCUT2D eigenvalue weighted by atomic mass is 9.60. The average molecular weight is 368 g/mol. The molecule has 0 radical (unpaired) electrons. The van der Waals surface area contributed by atoms with Crippen LogP contribution in [0.3, 0.4) is 0 Å². The molecular formula is C19H29NO2S2. The number of nitrogens with one attached hydrogen (secondary N) is 1. The largest absolute Gasteiger partial charge is 0.395 e. The van der Waals surface area contributed by atoms with Gasteiger partial charge in [0.1, 0.15) is 0 Å². The molecule has 0 aliphatic carbocycles. The standard InChI is InChI=1S/C19H29NO2S2/c1-17(2,3)19(6,16(22)20-12-13-21)18(4,5)24-15(23)14-10-8-7-9-11-14/h7-11,21H,12-13H2,1-6H3,(H,20,22). The first-order chi connectivity index (χ1) is 11.0. The molecule has 5 heteroatoms. The fourth-order valence-electron chi connectivity index (χ4n) is 2.83. The quantitative estimate of drug-likeness (QED) is 0.745. The Bertz CT molecular complexity index is 579. The topological polar surface area (TPSA) is 49.3 Å². The van der Waals surface area contributed by atoms with Gasteiger partial charge in [-0.25, -0.2) is 0 Å². The fourth-order valence-corrected chi connectivity index (χ4v) is 4.91. The smallest absolute Gasteiger partial charge is 0.227 e. The van der Waals surface area contributed by atoms with Crippen molar-refractivity contribution in [3.8, 4) is 0 Å². The number of rotatable bonds is 6. The van der Waals surface area contributed by atoms with Crippen molar-refractivity contribution in [2.45, 2.75) is 46.3 Å². The molecule has 0 fully saturated rings. The molecule has 1 aromatic rings. The summed E-state index contributed by atoms with van der Waals surface area (Å²) in [6.07, 6.45) is 0. The monoisotopic (exact) mass is 367 g/mol. The molecule has 1 aromatic carbocycles. The minimum absolute atomic E-state index is 0.0580. The van der Waals surface area contributed by atoms with E-state index < -0.39 is 10.2 Å². The van der Waals surface area contributed by atoms with Gasteiger partial charge in [0.2, 0.25) is 5.91 Å². The van der Waals surface area contributed by atoms with Gasteiger partial charge in [-0.2, -0.15) is 0 Å². The summed E-state index contributed by atoms with van der Waals surface area (Å²) >= 11 is 7.18. The summed E-state index contributed by atoms with van der Waals surface area (Å²) in [4.78, 5) is 13.0. The van der Waals surface area contributed by atoms with Gasteiger partial charge in [-0.15, -0.1) is 11.8 Å². The number of hydrogen-bond acceptors (Lipinski definition) is 4. The Labute approximate surface area is 155 Å². The Hall–Kier alpha value is -0.910. The zero-order valence-electron chi connectivity index (χ0n) is 15.5. The minimum Gasteiger partial charge on any atom is -0.395 e. The average Bonchev–Trinajstić information content (AvgIpc) is 2.50. The highest BCUT2D eigenvalue weighted by molar-refractivity contribution is 8.24. The number of thiocarbonyl (C=S) groups is 1. The van der Waals surface area contributed by atoms with Crippen LogP contribution in [0.2, 0.25) is 0 Å². The van der Waals surface area contributed by atoms with Crippen molar-refractivity contribution >= 4 is 34.1 Å². The number of hydrogen-bond donors (Lipinski definition) is 2. The van der Waals surface area contributed by atoms with Crippen molar-refractivity contribution < 1.29 is 9.90 Å². The highest BCUT2D eigenvalue weighted by Crippen LogP contribution is 2.53. The molecule has 1 unspecified atom stereocenters. The third kappa shape index (κ3) is 4.38. The van der Waals surface area contributed by atoms with E-state index in [9.17, 15) is 4.79 Å². The van der Waals surface area contributed by atoms with E-state index in [1.807, 2.05) is 37.3 Å². The third-order valence-corrected chi connectivity index (χ3v) is 6.74. The number of aliphatic hydroxyl groups excluding tert-OH is 1. The summed E-state index contributed by atoms with van der Waals surface area (Å²) in [5, 5.41) is 11.9. The Morgan fingerprint density at radius 2 is 1.67 bits per heavy atom. The molecule has 0 bridgehead atoms. The molecule has 0 spiro atoms. The van der Waals surface area contributed by atoms with Gasteiger partial charge in [0.15, 0.2) is 0 Å². The van der Waals surface area contributed by atoms with Gasteiger partial charge in [0.05, 0.1) is 16.2 Å². The van der Waals surface area contributed by atoms with Crippen LogP contribution in [0.1, 0.15) is 47.1 Å². The summed E-state index contributed by atoms with van der Waals surface area (Å²) in [6, 6.07) is 9.87. The Morgan fingerprint density at radius 1 is 1.12 bits per heavy atom. The van der Waals surface area contributed by atoms with Crippen molar-refractivity contribution in [1.29, 1.82) is 0 Å². The van der Waals surface area contributed by atoms with Crippen molar-refractivity contribution in [2.24, 2.45) is 10.8 Å². The Balaban J connectivity index is 3.16. The summed E-state index contributed by atoms with van der Waals surface area (Å²) in [5.41, 5.74) is 0.0335. The van der Waals surface area contributed by atoms with E-state index in [4.69, 9.17) is 17.3 Å². The van der Waals surface area contributed by atoms with Gasteiger partial charge in [0, 0.05) is 11.3 Å². The molecule has 0 saturated carbocycles. The van der Waals surface area contributed by atoms with Crippen LogP contribution in [0.25, 0.3) is 0 Å². The highest BCUT2D eigenvalue weighted by atomic mass is 32.2. The second kappa shape index (κ2) is 7.98. The Kier molecular flexibility index (Phi) is 7.03. The summed E-state index contributed by atoms with van der Waals surface area (Å²) in [7, 11) is 0. The zero-order valence-corrected chi connectivity index (χ0v) is 17.1. The van der Waals surface area contributed by atoms with Crippen LogP contribution in [-0.2, 0) is 4.79 Å². The molecule has 3 nitrogen and oxygen atoms in total. The molecule has 134 valence electrons. The Morgan fingerprint density at radius 3 is 2.12 bits per heavy atom. The summed E-state index contributed by atoms with van der Waals surface area (Å²) in [6.45, 7) is 12.5. The van der Waals surface area contributed by atoms with Crippen LogP contribution in [0.15, 0.2) is 30.3 Å². The lowest BCUT2D eigenvalue weighted by Gasteiger charge is -2.50. The van der Waals surface area contributed by atoms with Gasteiger partial charge in [-0.05, 0) is 31.7 Å². The van der Waals surface area contributed by atoms with E-state index in [1.54, 1.807) is 11.8 Å². The predicted octanol–water partition coefficient (Wildman–Crippen LogP) is 4.03. The minimum atomic E-state index is -0.682. The van der Waals surface area contributed by atoms with E-state index in [0.717, 1.165) is 9.76 Å². The van der Waals surface area contributed by atoms with Crippen LogP contribution >= 0.6 is 24.0 Å². The van der Waals surface area contributed by atoms with Crippen LogP contribution in [-0.4, -0.2) is 33.1 Å². The fraction of sp³-hybridized carbons (Fsp3) is 0.579. The van der Waals surface area contributed by atoms with E-state index >= 15 is 0 Å².